The highest BCUT2D eigenvalue weighted by molar-refractivity contribution is 14.1. The summed E-state index contributed by atoms with van der Waals surface area (Å²) < 4.78 is 1.31. The Kier molecular flexibility index (Phi) is 2.97. The molecule has 1 fully saturated rings. The summed E-state index contributed by atoms with van der Waals surface area (Å²) in [5.41, 5.74) is 3.17. The molecule has 15 heavy (non-hydrogen) atoms. The molecule has 0 aliphatic heterocycles. The van der Waals surface area contributed by atoms with E-state index in [0.717, 1.165) is 0 Å². The lowest BCUT2D eigenvalue weighted by Crippen LogP contribution is -2.25. The van der Waals surface area contributed by atoms with Crippen LogP contribution in [0.2, 0.25) is 0 Å². The van der Waals surface area contributed by atoms with Crippen molar-refractivity contribution in [2.24, 2.45) is 5.41 Å². The molecule has 1 aromatic rings. The normalized spacial score (nSPS) is 19.7. The summed E-state index contributed by atoms with van der Waals surface area (Å²) in [6.07, 6.45) is 2.73. The number of halogens is 1. The van der Waals surface area contributed by atoms with Gasteiger partial charge in [0.05, 0.1) is 0 Å². The molecule has 0 bridgehead atoms. The molecule has 0 aromatic heterocycles. The Labute approximate surface area is 106 Å². The molecule has 1 aliphatic carbocycles. The number of aryl methyl sites for hydroxylation is 1. The van der Waals surface area contributed by atoms with Crippen LogP contribution < -0.4 is 5.32 Å². The minimum atomic E-state index is 0.537. The lowest BCUT2D eigenvalue weighted by molar-refractivity contribution is 0.493. The zero-order valence-corrected chi connectivity index (χ0v) is 11.8. The third-order valence-corrected chi connectivity index (χ3v) is 4.32. The minimum Gasteiger partial charge on any atom is -0.382 e. The highest BCUT2D eigenvalue weighted by Crippen LogP contribution is 2.48. The van der Waals surface area contributed by atoms with Gasteiger partial charge in [-0.1, -0.05) is 6.92 Å². The van der Waals surface area contributed by atoms with Crippen LogP contribution in [0.1, 0.15) is 32.3 Å². The molecule has 1 aliphatic rings. The molecular formula is C13H18IN. The topological polar surface area (TPSA) is 12.0 Å². The maximum atomic E-state index is 3.64. The fraction of sp³-hybridized carbons (Fsp3) is 0.538. The smallest absolute Gasteiger partial charge is 0.0372 e. The van der Waals surface area contributed by atoms with Crippen molar-refractivity contribution in [1.82, 2.24) is 0 Å². The second-order valence-corrected chi connectivity index (χ2v) is 6.22. The van der Waals surface area contributed by atoms with E-state index in [9.17, 15) is 0 Å². The summed E-state index contributed by atoms with van der Waals surface area (Å²) in [5.74, 6) is 0. The highest BCUT2D eigenvalue weighted by Gasteiger charge is 2.42. The molecule has 1 atom stereocenters. The van der Waals surface area contributed by atoms with Gasteiger partial charge >= 0.3 is 0 Å². The first kappa shape index (κ1) is 11.2. The summed E-state index contributed by atoms with van der Waals surface area (Å²) in [5, 5.41) is 3.64. The summed E-state index contributed by atoms with van der Waals surface area (Å²) in [6, 6.07) is 7.17. The quantitative estimate of drug-likeness (QED) is 0.824. The molecule has 0 heterocycles. The largest absolute Gasteiger partial charge is 0.382 e. The van der Waals surface area contributed by atoms with E-state index in [-0.39, 0.29) is 0 Å². The van der Waals surface area contributed by atoms with Crippen molar-refractivity contribution in [3.05, 3.63) is 27.3 Å². The molecule has 0 radical (unpaired) electrons. The Morgan fingerprint density at radius 2 is 2.07 bits per heavy atom. The first-order chi connectivity index (χ1) is 7.01. The fourth-order valence-electron chi connectivity index (χ4n) is 1.83. The van der Waals surface area contributed by atoms with Gasteiger partial charge in [-0.15, -0.1) is 0 Å². The average molecular weight is 315 g/mol. The van der Waals surface area contributed by atoms with Crippen LogP contribution in [0.25, 0.3) is 0 Å². The molecule has 1 N–H and O–H groups in total. The zero-order valence-electron chi connectivity index (χ0n) is 9.60. The molecular weight excluding hydrogens is 297 g/mol. The van der Waals surface area contributed by atoms with Crippen LogP contribution in [0.4, 0.5) is 5.69 Å². The predicted octanol–water partition coefficient (Wildman–Crippen LogP) is 4.20. The van der Waals surface area contributed by atoms with Crippen LogP contribution in [-0.2, 0) is 0 Å². The molecule has 1 aromatic carbocycles. The van der Waals surface area contributed by atoms with Crippen molar-refractivity contribution in [3.63, 3.8) is 0 Å². The van der Waals surface area contributed by atoms with E-state index in [4.69, 9.17) is 0 Å². The van der Waals surface area contributed by atoms with Gasteiger partial charge in [0.25, 0.3) is 0 Å². The van der Waals surface area contributed by atoms with E-state index >= 15 is 0 Å². The highest BCUT2D eigenvalue weighted by atomic mass is 127. The van der Waals surface area contributed by atoms with Gasteiger partial charge in [-0.3, -0.25) is 0 Å². The SMILES string of the molecule is Cc1cc(I)ccc1NC(C)C1(C)CC1. The molecule has 1 unspecified atom stereocenters. The summed E-state index contributed by atoms with van der Waals surface area (Å²) in [7, 11) is 0. The van der Waals surface area contributed by atoms with Crippen LogP contribution in [-0.4, -0.2) is 6.04 Å². The van der Waals surface area contributed by atoms with Crippen molar-refractivity contribution >= 4 is 28.3 Å². The van der Waals surface area contributed by atoms with E-state index in [2.05, 4.69) is 66.9 Å². The van der Waals surface area contributed by atoms with Gasteiger partial charge in [0, 0.05) is 15.3 Å². The number of nitrogens with one attached hydrogen (secondary N) is 1. The molecule has 0 amide bonds. The van der Waals surface area contributed by atoms with Crippen molar-refractivity contribution in [3.8, 4) is 0 Å². The molecule has 1 saturated carbocycles. The first-order valence-electron chi connectivity index (χ1n) is 5.54. The number of anilines is 1. The first-order valence-corrected chi connectivity index (χ1v) is 6.62. The Hall–Kier alpha value is -0.250. The number of hydrogen-bond acceptors (Lipinski definition) is 1. The maximum absolute atomic E-state index is 3.64. The van der Waals surface area contributed by atoms with Crippen LogP contribution in [0.15, 0.2) is 18.2 Å². The monoisotopic (exact) mass is 315 g/mol. The number of hydrogen-bond donors (Lipinski definition) is 1. The summed E-state index contributed by atoms with van der Waals surface area (Å²) >= 11 is 2.36. The Bertz CT molecular complexity index is 369. The van der Waals surface area contributed by atoms with Gasteiger partial charge in [0.15, 0.2) is 0 Å². The molecule has 82 valence electrons. The van der Waals surface area contributed by atoms with Crippen molar-refractivity contribution in [1.29, 1.82) is 0 Å². The Morgan fingerprint density at radius 3 is 2.60 bits per heavy atom. The van der Waals surface area contributed by atoms with Crippen LogP contribution in [0, 0.1) is 15.9 Å². The third-order valence-electron chi connectivity index (χ3n) is 3.64. The number of benzene rings is 1. The lowest BCUT2D eigenvalue weighted by Gasteiger charge is -2.22. The Morgan fingerprint density at radius 1 is 1.40 bits per heavy atom. The Balaban J connectivity index is 2.10. The molecule has 2 heteroatoms. The van der Waals surface area contributed by atoms with E-state index in [1.165, 1.54) is 27.7 Å². The van der Waals surface area contributed by atoms with E-state index < -0.39 is 0 Å². The summed E-state index contributed by atoms with van der Waals surface area (Å²) in [6.45, 7) is 6.84. The standard InChI is InChI=1S/C13H18IN/c1-9-8-11(14)4-5-12(9)15-10(2)13(3)6-7-13/h4-5,8,10,15H,6-7H2,1-3H3. The van der Waals surface area contributed by atoms with Gasteiger partial charge in [-0.2, -0.15) is 0 Å². The van der Waals surface area contributed by atoms with Gasteiger partial charge < -0.3 is 5.32 Å². The van der Waals surface area contributed by atoms with Crippen LogP contribution >= 0.6 is 22.6 Å². The van der Waals surface area contributed by atoms with E-state index in [0.29, 0.717) is 11.5 Å². The average Bonchev–Trinajstić information content (AvgIpc) is 2.90. The molecule has 0 saturated heterocycles. The lowest BCUT2D eigenvalue weighted by atomic mass is 10.00. The fourth-order valence-corrected chi connectivity index (χ4v) is 2.47. The maximum Gasteiger partial charge on any atom is 0.0372 e. The molecule has 1 nitrogen and oxygen atoms in total. The van der Waals surface area contributed by atoms with Crippen molar-refractivity contribution in [2.75, 3.05) is 5.32 Å². The van der Waals surface area contributed by atoms with Gasteiger partial charge in [-0.25, -0.2) is 0 Å². The number of rotatable bonds is 3. The minimum absolute atomic E-state index is 0.537. The van der Waals surface area contributed by atoms with E-state index in [1.54, 1.807) is 0 Å². The van der Waals surface area contributed by atoms with Gasteiger partial charge in [-0.05, 0) is 78.5 Å². The molecule has 0 spiro atoms. The van der Waals surface area contributed by atoms with Crippen LogP contribution in [0.5, 0.6) is 0 Å². The second kappa shape index (κ2) is 3.96. The predicted molar refractivity (Wildman–Crippen MR) is 74.3 cm³/mol. The molecule has 2 rings (SSSR count). The van der Waals surface area contributed by atoms with Gasteiger partial charge in [0.2, 0.25) is 0 Å². The summed E-state index contributed by atoms with van der Waals surface area (Å²) in [4.78, 5) is 0. The van der Waals surface area contributed by atoms with E-state index in [1.807, 2.05) is 0 Å². The van der Waals surface area contributed by atoms with Crippen molar-refractivity contribution in [2.45, 2.75) is 39.7 Å². The van der Waals surface area contributed by atoms with Gasteiger partial charge in [0.1, 0.15) is 0 Å². The zero-order chi connectivity index (χ0) is 11.1. The van der Waals surface area contributed by atoms with Crippen LogP contribution in [0.3, 0.4) is 0 Å². The second-order valence-electron chi connectivity index (χ2n) is 4.98. The third kappa shape index (κ3) is 2.47. The van der Waals surface area contributed by atoms with Crippen molar-refractivity contribution < 1.29 is 0 Å².